The molecule has 0 aromatic carbocycles. The second-order valence-electron chi connectivity index (χ2n) is 1.99. The van der Waals surface area contributed by atoms with Crippen LogP contribution in [0.2, 0.25) is 0 Å². The number of carboxylic acid groups (broad SMARTS) is 2. The molecule has 0 aromatic rings. The topological polar surface area (TPSA) is 74.6 Å². The summed E-state index contributed by atoms with van der Waals surface area (Å²) in [6.45, 7) is 6.84. The van der Waals surface area contributed by atoms with Gasteiger partial charge in [-0.05, 0) is 13.8 Å². The molecule has 0 aliphatic rings. The zero-order valence-corrected chi connectivity index (χ0v) is 9.13. The van der Waals surface area contributed by atoms with E-state index in [1.165, 1.54) is 0 Å². The number of aliphatic carboxylic acids is 2. The van der Waals surface area contributed by atoms with Crippen molar-refractivity contribution in [1.82, 2.24) is 0 Å². The van der Waals surface area contributed by atoms with Gasteiger partial charge in [-0.25, -0.2) is 0 Å². The average molecular weight is 202 g/mol. The van der Waals surface area contributed by atoms with E-state index in [4.69, 9.17) is 10.2 Å². The molecule has 0 saturated heterocycles. The van der Waals surface area contributed by atoms with Crippen LogP contribution in [0, 0.1) is 11.8 Å². The lowest BCUT2D eigenvalue weighted by molar-refractivity contribution is -0.137. The van der Waals surface area contributed by atoms with Crippen LogP contribution in [-0.4, -0.2) is 22.2 Å². The molecule has 0 radical (unpaired) electrons. The van der Waals surface area contributed by atoms with E-state index in [-0.39, 0.29) is 12.8 Å². The van der Waals surface area contributed by atoms with Gasteiger partial charge in [0.2, 0.25) is 0 Å². The van der Waals surface area contributed by atoms with Crippen molar-refractivity contribution in [2.75, 3.05) is 0 Å². The number of hydrogen-bond acceptors (Lipinski definition) is 2. The molecule has 0 aromatic heterocycles. The van der Waals surface area contributed by atoms with E-state index in [9.17, 15) is 9.59 Å². The van der Waals surface area contributed by atoms with Crippen molar-refractivity contribution in [2.24, 2.45) is 0 Å². The molecule has 0 spiro atoms. The van der Waals surface area contributed by atoms with Crippen molar-refractivity contribution in [3.05, 3.63) is 0 Å². The summed E-state index contributed by atoms with van der Waals surface area (Å²) in [7, 11) is 0. The van der Waals surface area contributed by atoms with E-state index in [1.54, 1.807) is 13.8 Å². The van der Waals surface area contributed by atoms with Gasteiger partial charge in [0, 0.05) is 12.8 Å². The van der Waals surface area contributed by atoms with Gasteiger partial charge in [0.1, 0.15) is 0 Å². The normalized spacial score (nSPS) is 6.29. The van der Waals surface area contributed by atoms with E-state index in [1.807, 2.05) is 13.8 Å². The Labute approximate surface area is 84.9 Å². The minimum atomic E-state index is -0.745. The molecule has 0 rings (SSSR count). The third-order valence-electron chi connectivity index (χ3n) is 0.855. The minimum absolute atomic E-state index is 0.222. The predicted molar refractivity (Wildman–Crippen MR) is 55.0 cm³/mol. The van der Waals surface area contributed by atoms with Crippen molar-refractivity contribution >= 4 is 11.9 Å². The standard InChI is InChI=1S/C4H6.2C3H6O2/c1-3-4-2;2*1-2-3(4)5/h1-2H3;2*2H2,1H3,(H,4,5). The summed E-state index contributed by atoms with van der Waals surface area (Å²) in [5.74, 6) is 3.87. The van der Waals surface area contributed by atoms with Gasteiger partial charge in [0.25, 0.3) is 0 Å². The van der Waals surface area contributed by atoms with E-state index in [0.29, 0.717) is 0 Å². The second kappa shape index (κ2) is 17.5. The highest BCUT2D eigenvalue weighted by molar-refractivity contribution is 5.66. The SMILES string of the molecule is CC#CC.CCC(=O)O.CCC(=O)O. The summed E-state index contributed by atoms with van der Waals surface area (Å²) in [6.07, 6.45) is 0.444. The Bertz CT molecular complexity index is 178. The molecule has 0 fully saturated rings. The molecule has 14 heavy (non-hydrogen) atoms. The molecular formula is C10H18O4. The maximum atomic E-state index is 9.37. The van der Waals surface area contributed by atoms with Crippen LogP contribution in [0.5, 0.6) is 0 Å². The van der Waals surface area contributed by atoms with Gasteiger partial charge in [0.05, 0.1) is 0 Å². The van der Waals surface area contributed by atoms with Gasteiger partial charge in [-0.1, -0.05) is 13.8 Å². The summed E-state index contributed by atoms with van der Waals surface area (Å²) in [6, 6.07) is 0. The molecule has 0 amide bonds. The molecule has 0 heterocycles. The number of rotatable bonds is 2. The van der Waals surface area contributed by atoms with Gasteiger partial charge in [-0.3, -0.25) is 9.59 Å². The largest absolute Gasteiger partial charge is 0.481 e. The lowest BCUT2D eigenvalue weighted by atomic mass is 10.5. The first-order valence-corrected chi connectivity index (χ1v) is 4.23. The Morgan fingerprint density at radius 1 is 0.929 bits per heavy atom. The number of carbonyl (C=O) groups is 2. The van der Waals surface area contributed by atoms with E-state index in [2.05, 4.69) is 11.8 Å². The molecular weight excluding hydrogens is 184 g/mol. The van der Waals surface area contributed by atoms with Crippen LogP contribution >= 0.6 is 0 Å². The zero-order chi connectivity index (χ0) is 12.0. The molecule has 0 bridgehead atoms. The summed E-state index contributed by atoms with van der Waals surface area (Å²) in [5, 5.41) is 15.4. The fourth-order valence-electron chi connectivity index (χ4n) is 0. The van der Waals surface area contributed by atoms with Crippen molar-refractivity contribution in [3.8, 4) is 11.8 Å². The first kappa shape index (κ1) is 18.3. The van der Waals surface area contributed by atoms with Crippen molar-refractivity contribution in [2.45, 2.75) is 40.5 Å². The summed E-state index contributed by atoms with van der Waals surface area (Å²) >= 11 is 0. The van der Waals surface area contributed by atoms with Crippen LogP contribution in [0.3, 0.4) is 0 Å². The molecule has 2 N–H and O–H groups in total. The average Bonchev–Trinajstić information content (AvgIpc) is 2.19. The maximum Gasteiger partial charge on any atom is 0.303 e. The molecule has 0 aliphatic carbocycles. The maximum absolute atomic E-state index is 9.37. The van der Waals surface area contributed by atoms with Crippen LogP contribution in [0.25, 0.3) is 0 Å². The van der Waals surface area contributed by atoms with E-state index >= 15 is 0 Å². The van der Waals surface area contributed by atoms with Gasteiger partial charge >= 0.3 is 11.9 Å². The molecule has 4 nitrogen and oxygen atoms in total. The van der Waals surface area contributed by atoms with Crippen molar-refractivity contribution < 1.29 is 19.8 Å². The van der Waals surface area contributed by atoms with Gasteiger partial charge < -0.3 is 10.2 Å². The zero-order valence-electron chi connectivity index (χ0n) is 9.13. The minimum Gasteiger partial charge on any atom is -0.481 e. The molecule has 0 atom stereocenters. The van der Waals surface area contributed by atoms with E-state index in [0.717, 1.165) is 0 Å². The Balaban J connectivity index is -0.000000131. The smallest absolute Gasteiger partial charge is 0.303 e. The second-order valence-corrected chi connectivity index (χ2v) is 1.99. The lowest BCUT2D eigenvalue weighted by Crippen LogP contribution is -1.86. The Morgan fingerprint density at radius 3 is 1.07 bits per heavy atom. The van der Waals surface area contributed by atoms with E-state index < -0.39 is 11.9 Å². The predicted octanol–water partition coefficient (Wildman–Crippen LogP) is 1.99. The molecule has 0 unspecified atom stereocenters. The van der Waals surface area contributed by atoms with Crippen molar-refractivity contribution in [3.63, 3.8) is 0 Å². The highest BCUT2D eigenvalue weighted by Gasteiger charge is 1.81. The first-order chi connectivity index (χ1) is 6.45. The summed E-state index contributed by atoms with van der Waals surface area (Å²) in [5.41, 5.74) is 0. The molecule has 0 aliphatic heterocycles. The van der Waals surface area contributed by atoms with Crippen LogP contribution in [-0.2, 0) is 9.59 Å². The monoisotopic (exact) mass is 202 g/mol. The van der Waals surface area contributed by atoms with Crippen LogP contribution in [0.15, 0.2) is 0 Å². The van der Waals surface area contributed by atoms with Crippen LogP contribution in [0.4, 0.5) is 0 Å². The molecule has 4 heteroatoms. The highest BCUT2D eigenvalue weighted by atomic mass is 16.4. The third kappa shape index (κ3) is 77.4. The van der Waals surface area contributed by atoms with Gasteiger partial charge in [0.15, 0.2) is 0 Å². The van der Waals surface area contributed by atoms with Crippen LogP contribution < -0.4 is 0 Å². The Kier molecular flexibility index (Phi) is 23.0. The fraction of sp³-hybridized carbons (Fsp3) is 0.600. The summed E-state index contributed by atoms with van der Waals surface area (Å²) < 4.78 is 0. The highest BCUT2D eigenvalue weighted by Crippen LogP contribution is 1.67. The quantitative estimate of drug-likeness (QED) is 0.671. The fourth-order valence-corrected chi connectivity index (χ4v) is 0. The third-order valence-corrected chi connectivity index (χ3v) is 0.855. The van der Waals surface area contributed by atoms with Gasteiger partial charge in [-0.15, -0.1) is 11.8 Å². The number of carboxylic acids is 2. The molecule has 0 saturated carbocycles. The number of hydrogen-bond donors (Lipinski definition) is 2. The lowest BCUT2D eigenvalue weighted by Gasteiger charge is -1.71. The summed E-state index contributed by atoms with van der Waals surface area (Å²) in [4.78, 5) is 18.7. The Hall–Kier alpha value is -1.50. The van der Waals surface area contributed by atoms with Gasteiger partial charge in [-0.2, -0.15) is 0 Å². The van der Waals surface area contributed by atoms with Crippen LogP contribution in [0.1, 0.15) is 40.5 Å². The van der Waals surface area contributed by atoms with Crippen molar-refractivity contribution in [1.29, 1.82) is 0 Å². The first-order valence-electron chi connectivity index (χ1n) is 4.23. The Morgan fingerprint density at radius 2 is 1.07 bits per heavy atom. The molecule has 82 valence electrons.